The first-order valence-corrected chi connectivity index (χ1v) is 8.81. The summed E-state index contributed by atoms with van der Waals surface area (Å²) in [6.45, 7) is 0.866. The number of benzene rings is 2. The van der Waals surface area contributed by atoms with E-state index in [0.29, 0.717) is 16.3 Å². The highest BCUT2D eigenvalue weighted by Gasteiger charge is 2.19. The molecule has 0 saturated carbocycles. The van der Waals surface area contributed by atoms with Crippen LogP contribution in [-0.2, 0) is 9.53 Å². The predicted octanol–water partition coefficient (Wildman–Crippen LogP) is 4.33. The number of hydrogen-bond acceptors (Lipinski definition) is 5. The molecule has 0 aliphatic rings. The van der Waals surface area contributed by atoms with E-state index in [1.807, 2.05) is 5.32 Å². The molecular weight excluding hydrogens is 393 g/mol. The summed E-state index contributed by atoms with van der Waals surface area (Å²) < 4.78 is 45.0. The van der Waals surface area contributed by atoms with E-state index in [1.54, 1.807) is 6.92 Å². The van der Waals surface area contributed by atoms with Gasteiger partial charge in [0.15, 0.2) is 6.61 Å². The molecule has 0 aliphatic carbocycles. The Morgan fingerprint density at radius 2 is 1.71 bits per heavy atom. The molecule has 3 rings (SSSR count). The van der Waals surface area contributed by atoms with Crippen molar-refractivity contribution in [3.63, 3.8) is 0 Å². The lowest BCUT2D eigenvalue weighted by molar-refractivity contribution is -0.119. The molecule has 0 unspecified atom stereocenters. The number of halogens is 3. The molecule has 9 heteroatoms. The molecule has 1 aromatic heterocycles. The maximum absolute atomic E-state index is 13.5. The summed E-state index contributed by atoms with van der Waals surface area (Å²) >= 11 is 1.03. The lowest BCUT2D eigenvalue weighted by Crippen LogP contribution is -2.22. The van der Waals surface area contributed by atoms with Crippen molar-refractivity contribution in [1.82, 2.24) is 4.98 Å². The van der Waals surface area contributed by atoms with Gasteiger partial charge in [-0.15, -0.1) is 11.3 Å². The highest BCUT2D eigenvalue weighted by atomic mass is 32.1. The Morgan fingerprint density at radius 1 is 1.07 bits per heavy atom. The van der Waals surface area contributed by atoms with Crippen molar-refractivity contribution in [1.29, 1.82) is 0 Å². The minimum atomic E-state index is -0.943. The van der Waals surface area contributed by atoms with E-state index < -0.39 is 41.6 Å². The van der Waals surface area contributed by atoms with Crippen LogP contribution in [0.2, 0.25) is 0 Å². The van der Waals surface area contributed by atoms with E-state index >= 15 is 0 Å². The number of rotatable bonds is 5. The average Bonchev–Trinajstić information content (AvgIpc) is 3.05. The molecule has 1 heterocycles. The fourth-order valence-electron chi connectivity index (χ4n) is 2.29. The minimum Gasteiger partial charge on any atom is -0.451 e. The van der Waals surface area contributed by atoms with Crippen LogP contribution in [0.5, 0.6) is 0 Å². The standard InChI is InChI=1S/C19H13F3N2O3S/c1-10-17(28-18(23-10)11-5-7-12(20)8-6-11)19(26)27-9-15(25)24-16-13(21)3-2-4-14(16)22/h2-8H,9H2,1H3,(H,24,25). The Bertz CT molecular complexity index is 1020. The maximum atomic E-state index is 13.5. The molecule has 1 N–H and O–H groups in total. The molecule has 3 aromatic rings. The number of esters is 1. The lowest BCUT2D eigenvalue weighted by Gasteiger charge is -2.07. The number of para-hydroxylation sites is 1. The Balaban J connectivity index is 1.65. The van der Waals surface area contributed by atoms with E-state index in [1.165, 1.54) is 24.3 Å². The quantitative estimate of drug-likeness (QED) is 0.641. The summed E-state index contributed by atoms with van der Waals surface area (Å²) in [6.07, 6.45) is 0. The van der Waals surface area contributed by atoms with E-state index in [0.717, 1.165) is 29.5 Å². The number of anilines is 1. The second kappa shape index (κ2) is 8.22. The molecule has 0 bridgehead atoms. The van der Waals surface area contributed by atoms with Gasteiger partial charge in [-0.3, -0.25) is 4.79 Å². The first-order valence-electron chi connectivity index (χ1n) is 7.99. The molecule has 0 aliphatic heterocycles. The Labute approximate surface area is 161 Å². The molecule has 0 fully saturated rings. The number of nitrogens with zero attached hydrogens (tertiary/aromatic N) is 1. The molecule has 28 heavy (non-hydrogen) atoms. The number of aryl methyl sites for hydroxylation is 1. The number of hydrogen-bond donors (Lipinski definition) is 1. The van der Waals surface area contributed by atoms with Crippen LogP contribution in [0.3, 0.4) is 0 Å². The summed E-state index contributed by atoms with van der Waals surface area (Å²) in [5.74, 6) is -3.97. The summed E-state index contributed by atoms with van der Waals surface area (Å²) in [5, 5.41) is 2.51. The second-order valence-electron chi connectivity index (χ2n) is 5.66. The number of carbonyl (C=O) groups excluding carboxylic acids is 2. The topological polar surface area (TPSA) is 68.3 Å². The number of ether oxygens (including phenoxy) is 1. The van der Waals surface area contributed by atoms with Crippen LogP contribution in [0.1, 0.15) is 15.4 Å². The van der Waals surface area contributed by atoms with Crippen LogP contribution in [0.15, 0.2) is 42.5 Å². The number of aromatic nitrogens is 1. The van der Waals surface area contributed by atoms with Crippen molar-refractivity contribution in [3.05, 3.63) is 70.5 Å². The number of nitrogens with one attached hydrogen (secondary N) is 1. The van der Waals surface area contributed by atoms with Gasteiger partial charge >= 0.3 is 5.97 Å². The fraction of sp³-hybridized carbons (Fsp3) is 0.105. The van der Waals surface area contributed by atoms with Gasteiger partial charge in [0.1, 0.15) is 33.0 Å². The molecule has 0 spiro atoms. The normalized spacial score (nSPS) is 10.6. The third kappa shape index (κ3) is 4.37. The third-order valence-electron chi connectivity index (χ3n) is 3.63. The van der Waals surface area contributed by atoms with E-state index in [2.05, 4.69) is 4.98 Å². The van der Waals surface area contributed by atoms with Crippen LogP contribution in [0, 0.1) is 24.4 Å². The predicted molar refractivity (Wildman–Crippen MR) is 97.5 cm³/mol. The third-order valence-corrected chi connectivity index (χ3v) is 4.82. The highest BCUT2D eigenvalue weighted by Crippen LogP contribution is 2.28. The summed E-state index contributed by atoms with van der Waals surface area (Å²) in [5.41, 5.74) is 0.396. The Morgan fingerprint density at radius 3 is 2.36 bits per heavy atom. The number of carbonyl (C=O) groups is 2. The monoisotopic (exact) mass is 406 g/mol. The first-order chi connectivity index (χ1) is 13.3. The van der Waals surface area contributed by atoms with Crippen LogP contribution >= 0.6 is 11.3 Å². The molecule has 0 saturated heterocycles. The van der Waals surface area contributed by atoms with Crippen molar-refractivity contribution < 1.29 is 27.5 Å². The first kappa shape index (κ1) is 19.6. The van der Waals surface area contributed by atoms with Crippen LogP contribution < -0.4 is 5.32 Å². The Kier molecular flexibility index (Phi) is 5.74. The van der Waals surface area contributed by atoms with Gasteiger partial charge in [-0.05, 0) is 43.3 Å². The van der Waals surface area contributed by atoms with E-state index in [9.17, 15) is 22.8 Å². The summed E-state index contributed by atoms with van der Waals surface area (Å²) in [7, 11) is 0. The van der Waals surface area contributed by atoms with Gasteiger partial charge in [-0.2, -0.15) is 0 Å². The van der Waals surface area contributed by atoms with Gasteiger partial charge in [0.2, 0.25) is 0 Å². The zero-order valence-electron chi connectivity index (χ0n) is 14.5. The number of thiazole rings is 1. The lowest BCUT2D eigenvalue weighted by atomic mass is 10.2. The Hall–Kier alpha value is -3.20. The van der Waals surface area contributed by atoms with Crippen molar-refractivity contribution in [2.75, 3.05) is 11.9 Å². The van der Waals surface area contributed by atoms with Gasteiger partial charge in [-0.1, -0.05) is 6.07 Å². The van der Waals surface area contributed by atoms with Gasteiger partial charge in [0.25, 0.3) is 5.91 Å². The molecule has 2 aromatic carbocycles. The average molecular weight is 406 g/mol. The fourth-order valence-corrected chi connectivity index (χ4v) is 3.26. The van der Waals surface area contributed by atoms with Crippen molar-refractivity contribution >= 4 is 28.9 Å². The maximum Gasteiger partial charge on any atom is 0.350 e. The zero-order valence-corrected chi connectivity index (χ0v) is 15.3. The van der Waals surface area contributed by atoms with Gasteiger partial charge in [0, 0.05) is 5.56 Å². The van der Waals surface area contributed by atoms with Crippen molar-refractivity contribution in [3.8, 4) is 10.6 Å². The van der Waals surface area contributed by atoms with Crippen LogP contribution in [0.4, 0.5) is 18.9 Å². The second-order valence-corrected chi connectivity index (χ2v) is 6.66. The molecule has 0 atom stereocenters. The molecule has 0 radical (unpaired) electrons. The largest absolute Gasteiger partial charge is 0.451 e. The molecule has 144 valence electrons. The molecule has 1 amide bonds. The van der Waals surface area contributed by atoms with E-state index in [4.69, 9.17) is 4.74 Å². The smallest absolute Gasteiger partial charge is 0.350 e. The minimum absolute atomic E-state index is 0.171. The summed E-state index contributed by atoms with van der Waals surface area (Å²) in [6, 6.07) is 8.74. The van der Waals surface area contributed by atoms with Crippen molar-refractivity contribution in [2.24, 2.45) is 0 Å². The zero-order chi connectivity index (χ0) is 20.3. The molecule has 5 nitrogen and oxygen atoms in total. The van der Waals surface area contributed by atoms with Crippen molar-refractivity contribution in [2.45, 2.75) is 6.92 Å². The molecular formula is C19H13F3N2O3S. The van der Waals surface area contributed by atoms with Gasteiger partial charge in [-0.25, -0.2) is 22.9 Å². The van der Waals surface area contributed by atoms with Crippen LogP contribution in [0.25, 0.3) is 10.6 Å². The number of amides is 1. The van der Waals surface area contributed by atoms with Gasteiger partial charge < -0.3 is 10.1 Å². The SMILES string of the molecule is Cc1nc(-c2ccc(F)cc2)sc1C(=O)OCC(=O)Nc1c(F)cccc1F. The summed E-state index contributed by atoms with van der Waals surface area (Å²) in [4.78, 5) is 28.5. The highest BCUT2D eigenvalue weighted by molar-refractivity contribution is 7.17. The van der Waals surface area contributed by atoms with Gasteiger partial charge in [0.05, 0.1) is 5.69 Å². The van der Waals surface area contributed by atoms with E-state index in [-0.39, 0.29) is 4.88 Å². The van der Waals surface area contributed by atoms with Crippen LogP contribution in [-0.4, -0.2) is 23.5 Å².